The number of amides is 2. The highest BCUT2D eigenvalue weighted by atomic mass is 16.5. The monoisotopic (exact) mass is 395 g/mol. The Bertz CT molecular complexity index is 825. The molecule has 2 N–H and O–H groups in total. The molecule has 0 aliphatic carbocycles. The summed E-state index contributed by atoms with van der Waals surface area (Å²) >= 11 is 0. The van der Waals surface area contributed by atoms with Gasteiger partial charge in [0.1, 0.15) is 5.75 Å². The number of nitrogen functional groups attached to an aromatic ring is 1. The lowest BCUT2D eigenvalue weighted by Crippen LogP contribution is -2.53. The molecule has 154 valence electrons. The number of benzene rings is 2. The van der Waals surface area contributed by atoms with Crippen molar-refractivity contribution in [2.24, 2.45) is 0 Å². The van der Waals surface area contributed by atoms with Gasteiger partial charge < -0.3 is 20.3 Å². The molecule has 0 saturated carbocycles. The van der Waals surface area contributed by atoms with Gasteiger partial charge >= 0.3 is 0 Å². The zero-order chi connectivity index (χ0) is 20.8. The molecule has 29 heavy (non-hydrogen) atoms. The molecular formula is C23H29N3O3. The highest BCUT2D eigenvalue weighted by Gasteiger charge is 2.27. The number of piperazine rings is 1. The lowest BCUT2D eigenvalue weighted by atomic mass is 10.1. The van der Waals surface area contributed by atoms with E-state index in [0.29, 0.717) is 44.0 Å². The van der Waals surface area contributed by atoms with Crippen molar-refractivity contribution in [2.75, 3.05) is 31.9 Å². The maximum absolute atomic E-state index is 12.7. The van der Waals surface area contributed by atoms with Crippen LogP contribution in [-0.2, 0) is 22.4 Å². The van der Waals surface area contributed by atoms with Crippen LogP contribution in [0.5, 0.6) is 5.75 Å². The number of rotatable bonds is 6. The van der Waals surface area contributed by atoms with Gasteiger partial charge in [-0.05, 0) is 48.7 Å². The Morgan fingerprint density at radius 2 is 1.48 bits per heavy atom. The Hall–Kier alpha value is -3.02. The molecule has 3 rings (SSSR count). The SMILES string of the molecule is CCc1ccc(OC(C)C(=O)N2CCN(C(=O)Cc3ccc(N)cc3)CC2)cc1. The highest BCUT2D eigenvalue weighted by molar-refractivity contribution is 5.82. The number of nitrogens with zero attached hydrogens (tertiary/aromatic N) is 2. The van der Waals surface area contributed by atoms with E-state index in [4.69, 9.17) is 10.5 Å². The van der Waals surface area contributed by atoms with Gasteiger partial charge in [0.15, 0.2) is 6.10 Å². The van der Waals surface area contributed by atoms with Crippen molar-refractivity contribution >= 4 is 17.5 Å². The predicted molar refractivity (Wildman–Crippen MR) is 114 cm³/mol. The van der Waals surface area contributed by atoms with Crippen LogP contribution in [0.1, 0.15) is 25.0 Å². The summed E-state index contributed by atoms with van der Waals surface area (Å²) in [5.74, 6) is 0.720. The number of carbonyl (C=O) groups is 2. The lowest BCUT2D eigenvalue weighted by molar-refractivity contribution is -0.143. The summed E-state index contributed by atoms with van der Waals surface area (Å²) in [5, 5.41) is 0. The zero-order valence-corrected chi connectivity index (χ0v) is 17.1. The summed E-state index contributed by atoms with van der Waals surface area (Å²) < 4.78 is 5.81. The van der Waals surface area contributed by atoms with Crippen LogP contribution >= 0.6 is 0 Å². The van der Waals surface area contributed by atoms with Gasteiger partial charge in [0, 0.05) is 31.9 Å². The molecule has 0 bridgehead atoms. The predicted octanol–water partition coefficient (Wildman–Crippen LogP) is 2.51. The van der Waals surface area contributed by atoms with Gasteiger partial charge in [-0.15, -0.1) is 0 Å². The molecule has 1 atom stereocenters. The molecule has 6 heteroatoms. The van der Waals surface area contributed by atoms with Gasteiger partial charge in [-0.25, -0.2) is 0 Å². The van der Waals surface area contributed by atoms with Gasteiger partial charge in [-0.1, -0.05) is 31.2 Å². The van der Waals surface area contributed by atoms with E-state index < -0.39 is 6.10 Å². The Kier molecular flexibility index (Phi) is 6.75. The normalized spacial score (nSPS) is 15.1. The van der Waals surface area contributed by atoms with Crippen LogP contribution in [-0.4, -0.2) is 53.9 Å². The highest BCUT2D eigenvalue weighted by Crippen LogP contribution is 2.16. The molecule has 2 aromatic rings. The van der Waals surface area contributed by atoms with Crippen molar-refractivity contribution in [3.8, 4) is 5.75 Å². The number of nitrogens with two attached hydrogens (primary N) is 1. The minimum Gasteiger partial charge on any atom is -0.481 e. The molecular weight excluding hydrogens is 366 g/mol. The first-order valence-electron chi connectivity index (χ1n) is 10.1. The smallest absolute Gasteiger partial charge is 0.263 e. The number of ether oxygens (including phenoxy) is 1. The topological polar surface area (TPSA) is 75.9 Å². The minimum atomic E-state index is -0.556. The molecule has 1 fully saturated rings. The van der Waals surface area contributed by atoms with Crippen molar-refractivity contribution in [1.82, 2.24) is 9.80 Å². The van der Waals surface area contributed by atoms with Crippen molar-refractivity contribution in [2.45, 2.75) is 32.8 Å². The van der Waals surface area contributed by atoms with E-state index in [9.17, 15) is 9.59 Å². The number of hydrogen-bond acceptors (Lipinski definition) is 4. The first-order valence-corrected chi connectivity index (χ1v) is 10.1. The average Bonchev–Trinajstić information content (AvgIpc) is 2.75. The molecule has 0 spiro atoms. The molecule has 2 amide bonds. The zero-order valence-electron chi connectivity index (χ0n) is 17.1. The van der Waals surface area contributed by atoms with E-state index in [1.54, 1.807) is 24.0 Å². The fourth-order valence-corrected chi connectivity index (χ4v) is 3.41. The number of hydrogen-bond donors (Lipinski definition) is 1. The van der Waals surface area contributed by atoms with Gasteiger partial charge in [-0.3, -0.25) is 9.59 Å². The van der Waals surface area contributed by atoms with Gasteiger partial charge in [0.05, 0.1) is 6.42 Å². The van der Waals surface area contributed by atoms with Crippen LogP contribution in [0.15, 0.2) is 48.5 Å². The third-order valence-corrected chi connectivity index (χ3v) is 5.27. The number of carbonyl (C=O) groups excluding carboxylic acids is 2. The Labute approximate surface area is 172 Å². The number of anilines is 1. The van der Waals surface area contributed by atoms with E-state index in [1.807, 2.05) is 41.3 Å². The Morgan fingerprint density at radius 1 is 0.931 bits per heavy atom. The molecule has 1 heterocycles. The van der Waals surface area contributed by atoms with Gasteiger partial charge in [0.2, 0.25) is 5.91 Å². The average molecular weight is 396 g/mol. The Balaban J connectivity index is 1.47. The van der Waals surface area contributed by atoms with Crippen LogP contribution in [0.3, 0.4) is 0 Å². The third-order valence-electron chi connectivity index (χ3n) is 5.27. The summed E-state index contributed by atoms with van der Waals surface area (Å²) in [7, 11) is 0. The second-order valence-corrected chi connectivity index (χ2v) is 7.38. The van der Waals surface area contributed by atoms with E-state index in [1.165, 1.54) is 5.56 Å². The van der Waals surface area contributed by atoms with Crippen LogP contribution in [0.2, 0.25) is 0 Å². The van der Waals surface area contributed by atoms with Crippen LogP contribution in [0.25, 0.3) is 0 Å². The fraction of sp³-hybridized carbons (Fsp3) is 0.391. The second kappa shape index (κ2) is 9.45. The van der Waals surface area contributed by atoms with E-state index >= 15 is 0 Å². The first kappa shape index (κ1) is 20.7. The Morgan fingerprint density at radius 3 is 2.07 bits per heavy atom. The fourth-order valence-electron chi connectivity index (χ4n) is 3.41. The summed E-state index contributed by atoms with van der Waals surface area (Å²) in [5.41, 5.74) is 8.55. The lowest BCUT2D eigenvalue weighted by Gasteiger charge is -2.36. The molecule has 0 radical (unpaired) electrons. The van der Waals surface area contributed by atoms with Crippen LogP contribution < -0.4 is 10.5 Å². The molecule has 6 nitrogen and oxygen atoms in total. The summed E-state index contributed by atoms with van der Waals surface area (Å²) in [6.07, 6.45) is 0.761. The maximum Gasteiger partial charge on any atom is 0.263 e. The summed E-state index contributed by atoms with van der Waals surface area (Å²) in [4.78, 5) is 28.8. The maximum atomic E-state index is 12.7. The molecule has 1 saturated heterocycles. The van der Waals surface area contributed by atoms with Crippen molar-refractivity contribution < 1.29 is 14.3 Å². The summed E-state index contributed by atoms with van der Waals surface area (Å²) in [6.45, 7) is 6.00. The van der Waals surface area contributed by atoms with Gasteiger partial charge in [-0.2, -0.15) is 0 Å². The third kappa shape index (κ3) is 5.50. The molecule has 1 aliphatic rings. The quantitative estimate of drug-likeness (QED) is 0.763. The van der Waals surface area contributed by atoms with Gasteiger partial charge in [0.25, 0.3) is 5.91 Å². The van der Waals surface area contributed by atoms with Crippen LogP contribution in [0.4, 0.5) is 5.69 Å². The molecule has 1 aliphatic heterocycles. The standard InChI is InChI=1S/C23H29N3O3/c1-3-18-6-10-21(11-7-18)29-17(2)23(28)26-14-12-25(13-15-26)22(27)16-19-4-8-20(24)9-5-19/h4-11,17H,3,12-16,24H2,1-2H3. The molecule has 2 aromatic carbocycles. The van der Waals surface area contributed by atoms with Crippen molar-refractivity contribution in [3.05, 3.63) is 59.7 Å². The van der Waals surface area contributed by atoms with E-state index in [0.717, 1.165) is 12.0 Å². The minimum absolute atomic E-state index is 0.0461. The van der Waals surface area contributed by atoms with E-state index in [2.05, 4.69) is 6.92 Å². The largest absolute Gasteiger partial charge is 0.481 e. The van der Waals surface area contributed by atoms with Crippen LogP contribution in [0, 0.1) is 0 Å². The molecule has 0 aromatic heterocycles. The van der Waals surface area contributed by atoms with Crippen molar-refractivity contribution in [3.63, 3.8) is 0 Å². The summed E-state index contributed by atoms with van der Waals surface area (Å²) in [6, 6.07) is 15.2. The number of aryl methyl sites for hydroxylation is 1. The van der Waals surface area contributed by atoms with E-state index in [-0.39, 0.29) is 11.8 Å². The second-order valence-electron chi connectivity index (χ2n) is 7.38. The van der Waals surface area contributed by atoms with Crippen molar-refractivity contribution in [1.29, 1.82) is 0 Å². The molecule has 1 unspecified atom stereocenters. The first-order chi connectivity index (χ1) is 14.0.